The standard InChI is InChI=1S/C11H13NO3S/c1-7-2-3-9(6-10(7)11(13)14)16(12,15)8-4-5-8/h2-3,6,8,12H,4-5H2,1H3,(H,13,14). The van der Waals surface area contributed by atoms with Crippen molar-refractivity contribution in [1.29, 1.82) is 4.78 Å². The molecule has 4 nitrogen and oxygen atoms in total. The van der Waals surface area contributed by atoms with Crippen LogP contribution in [0.3, 0.4) is 0 Å². The number of aromatic carboxylic acids is 1. The first kappa shape index (κ1) is 11.1. The highest BCUT2D eigenvalue weighted by Gasteiger charge is 2.34. The number of carbonyl (C=O) groups is 1. The Morgan fingerprint density at radius 3 is 2.62 bits per heavy atom. The second kappa shape index (κ2) is 3.59. The summed E-state index contributed by atoms with van der Waals surface area (Å²) in [7, 11) is -2.80. The molecule has 1 saturated carbocycles. The lowest BCUT2D eigenvalue weighted by molar-refractivity contribution is 0.0696. The minimum Gasteiger partial charge on any atom is -0.478 e. The fraction of sp³-hybridized carbons (Fsp3) is 0.364. The van der Waals surface area contributed by atoms with Gasteiger partial charge in [-0.15, -0.1) is 0 Å². The van der Waals surface area contributed by atoms with Crippen LogP contribution >= 0.6 is 0 Å². The van der Waals surface area contributed by atoms with E-state index in [-0.39, 0.29) is 10.8 Å². The monoisotopic (exact) mass is 239 g/mol. The highest BCUT2D eigenvalue weighted by atomic mass is 32.2. The summed E-state index contributed by atoms with van der Waals surface area (Å²) in [6.07, 6.45) is 1.61. The van der Waals surface area contributed by atoms with Crippen molar-refractivity contribution < 1.29 is 14.1 Å². The Balaban J connectivity index is 2.51. The van der Waals surface area contributed by atoms with Crippen LogP contribution in [-0.4, -0.2) is 20.5 Å². The summed E-state index contributed by atoms with van der Waals surface area (Å²) >= 11 is 0. The van der Waals surface area contributed by atoms with Crippen LogP contribution in [0, 0.1) is 11.7 Å². The smallest absolute Gasteiger partial charge is 0.335 e. The van der Waals surface area contributed by atoms with Crippen LogP contribution in [-0.2, 0) is 9.73 Å². The SMILES string of the molecule is Cc1ccc(S(=N)(=O)C2CC2)cc1C(=O)O. The van der Waals surface area contributed by atoms with Gasteiger partial charge in [0.2, 0.25) is 0 Å². The second-order valence-corrected chi connectivity index (χ2v) is 6.42. The van der Waals surface area contributed by atoms with Crippen molar-refractivity contribution in [3.05, 3.63) is 29.3 Å². The molecule has 0 radical (unpaired) electrons. The molecule has 0 bridgehead atoms. The molecule has 1 unspecified atom stereocenters. The number of hydrogen-bond donors (Lipinski definition) is 2. The first-order valence-electron chi connectivity index (χ1n) is 5.04. The molecule has 5 heteroatoms. The Bertz CT molecular complexity index is 544. The number of hydrogen-bond acceptors (Lipinski definition) is 3. The number of nitrogens with one attached hydrogen (secondary N) is 1. The van der Waals surface area contributed by atoms with E-state index in [9.17, 15) is 9.00 Å². The molecule has 0 saturated heterocycles. The highest BCUT2D eigenvalue weighted by molar-refractivity contribution is 7.93. The van der Waals surface area contributed by atoms with Gasteiger partial charge in [0.1, 0.15) is 0 Å². The van der Waals surface area contributed by atoms with Gasteiger partial charge in [-0.05, 0) is 37.5 Å². The molecule has 0 spiro atoms. The normalized spacial score (nSPS) is 19.1. The molecule has 0 amide bonds. The quantitative estimate of drug-likeness (QED) is 0.849. The fourth-order valence-electron chi connectivity index (χ4n) is 1.61. The topological polar surface area (TPSA) is 78.2 Å². The fourth-order valence-corrected chi connectivity index (χ4v) is 3.36. The van der Waals surface area contributed by atoms with Crippen LogP contribution in [0.4, 0.5) is 0 Å². The summed E-state index contributed by atoms with van der Waals surface area (Å²) in [4.78, 5) is 11.3. The summed E-state index contributed by atoms with van der Waals surface area (Å²) in [5, 5.41) is 8.87. The van der Waals surface area contributed by atoms with Gasteiger partial charge in [0.05, 0.1) is 15.3 Å². The van der Waals surface area contributed by atoms with Gasteiger partial charge in [-0.25, -0.2) is 13.8 Å². The molecule has 86 valence electrons. The lowest BCUT2D eigenvalue weighted by Gasteiger charge is -2.08. The molecular formula is C11H13NO3S. The van der Waals surface area contributed by atoms with Crippen LogP contribution in [0.15, 0.2) is 23.1 Å². The van der Waals surface area contributed by atoms with Crippen molar-refractivity contribution in [2.24, 2.45) is 0 Å². The molecule has 0 heterocycles. The summed E-state index contributed by atoms with van der Waals surface area (Å²) in [6, 6.07) is 4.61. The van der Waals surface area contributed by atoms with Crippen LogP contribution in [0.25, 0.3) is 0 Å². The van der Waals surface area contributed by atoms with E-state index in [4.69, 9.17) is 9.89 Å². The highest BCUT2D eigenvalue weighted by Crippen LogP contribution is 2.34. The average molecular weight is 239 g/mol. The van der Waals surface area contributed by atoms with E-state index in [0.717, 1.165) is 12.8 Å². The molecule has 2 N–H and O–H groups in total. The van der Waals surface area contributed by atoms with Gasteiger partial charge in [0, 0.05) is 10.1 Å². The molecule has 1 aromatic rings. The maximum Gasteiger partial charge on any atom is 0.335 e. The van der Waals surface area contributed by atoms with Crippen molar-refractivity contribution in [2.45, 2.75) is 29.9 Å². The van der Waals surface area contributed by atoms with Gasteiger partial charge in [-0.2, -0.15) is 0 Å². The molecule has 1 atom stereocenters. The predicted octanol–water partition coefficient (Wildman–Crippen LogP) is 2.26. The van der Waals surface area contributed by atoms with Gasteiger partial charge in [-0.1, -0.05) is 6.07 Å². The molecule has 1 aliphatic rings. The van der Waals surface area contributed by atoms with Crippen molar-refractivity contribution in [3.63, 3.8) is 0 Å². The van der Waals surface area contributed by atoms with Gasteiger partial charge >= 0.3 is 5.97 Å². The summed E-state index contributed by atoms with van der Waals surface area (Å²) in [6.45, 7) is 1.69. The minimum atomic E-state index is -2.80. The Labute approximate surface area is 94.3 Å². The number of aryl methyl sites for hydroxylation is 1. The van der Waals surface area contributed by atoms with Crippen LogP contribution < -0.4 is 0 Å². The Hall–Kier alpha value is -1.36. The maximum absolute atomic E-state index is 12.1. The summed E-state index contributed by atoms with van der Waals surface area (Å²) in [5.74, 6) is -1.04. The Morgan fingerprint density at radius 2 is 2.12 bits per heavy atom. The van der Waals surface area contributed by atoms with Crippen molar-refractivity contribution >= 4 is 15.7 Å². The van der Waals surface area contributed by atoms with E-state index in [0.29, 0.717) is 10.5 Å². The lowest BCUT2D eigenvalue weighted by atomic mass is 10.1. The van der Waals surface area contributed by atoms with E-state index >= 15 is 0 Å². The lowest BCUT2D eigenvalue weighted by Crippen LogP contribution is -2.08. The van der Waals surface area contributed by atoms with E-state index in [1.165, 1.54) is 6.07 Å². The molecule has 0 aliphatic heterocycles. The van der Waals surface area contributed by atoms with Gasteiger partial charge < -0.3 is 5.11 Å². The number of carboxylic acid groups (broad SMARTS) is 1. The van der Waals surface area contributed by atoms with Gasteiger partial charge in [0.15, 0.2) is 0 Å². The minimum absolute atomic E-state index is 0.0862. The van der Waals surface area contributed by atoms with E-state index in [1.54, 1.807) is 19.1 Å². The van der Waals surface area contributed by atoms with Crippen LogP contribution in [0.5, 0.6) is 0 Å². The summed E-state index contributed by atoms with van der Waals surface area (Å²) in [5.41, 5.74) is 0.764. The maximum atomic E-state index is 12.1. The van der Waals surface area contributed by atoms with Gasteiger partial charge in [0.25, 0.3) is 0 Å². The van der Waals surface area contributed by atoms with E-state index in [2.05, 4.69) is 0 Å². The van der Waals surface area contributed by atoms with Crippen LogP contribution in [0.2, 0.25) is 0 Å². The van der Waals surface area contributed by atoms with E-state index < -0.39 is 15.7 Å². The first-order chi connectivity index (χ1) is 7.43. The molecule has 2 rings (SSSR count). The molecule has 16 heavy (non-hydrogen) atoms. The third-order valence-electron chi connectivity index (χ3n) is 2.78. The average Bonchev–Trinajstić information content (AvgIpc) is 3.00. The molecule has 1 fully saturated rings. The Morgan fingerprint density at radius 1 is 1.50 bits per heavy atom. The van der Waals surface area contributed by atoms with Crippen molar-refractivity contribution in [2.75, 3.05) is 0 Å². The van der Waals surface area contributed by atoms with Gasteiger partial charge in [-0.3, -0.25) is 0 Å². The number of carboxylic acids is 1. The number of benzene rings is 1. The van der Waals surface area contributed by atoms with Crippen molar-refractivity contribution in [1.82, 2.24) is 0 Å². The first-order valence-corrected chi connectivity index (χ1v) is 6.66. The summed E-state index contributed by atoms with van der Waals surface area (Å²) < 4.78 is 19.9. The zero-order chi connectivity index (χ0) is 11.9. The second-order valence-electron chi connectivity index (χ2n) is 4.08. The predicted molar refractivity (Wildman–Crippen MR) is 60.3 cm³/mol. The largest absolute Gasteiger partial charge is 0.478 e. The van der Waals surface area contributed by atoms with Crippen molar-refractivity contribution in [3.8, 4) is 0 Å². The third kappa shape index (κ3) is 1.82. The zero-order valence-corrected chi connectivity index (χ0v) is 9.71. The van der Waals surface area contributed by atoms with E-state index in [1.807, 2.05) is 0 Å². The third-order valence-corrected chi connectivity index (χ3v) is 5.15. The number of rotatable bonds is 3. The van der Waals surface area contributed by atoms with Crippen LogP contribution in [0.1, 0.15) is 28.8 Å². The zero-order valence-electron chi connectivity index (χ0n) is 8.90. The molecule has 1 aliphatic carbocycles. The molecular weight excluding hydrogens is 226 g/mol. The molecule has 1 aromatic carbocycles. The molecule has 0 aromatic heterocycles. The Kier molecular flexibility index (Phi) is 2.50.